The fourth-order valence-corrected chi connectivity index (χ4v) is 2.45. The van der Waals surface area contributed by atoms with Crippen molar-refractivity contribution < 1.29 is 4.79 Å². The molecular formula is C16H18ClN3O2. The van der Waals surface area contributed by atoms with E-state index in [1.807, 2.05) is 13.0 Å². The highest BCUT2D eigenvalue weighted by molar-refractivity contribution is 6.31. The number of rotatable bonds is 3. The summed E-state index contributed by atoms with van der Waals surface area (Å²) in [6.07, 6.45) is 0. The molecule has 0 saturated carbocycles. The molecule has 0 spiro atoms. The van der Waals surface area contributed by atoms with Crippen LogP contribution in [0, 0.1) is 20.8 Å². The molecule has 0 fully saturated rings. The monoisotopic (exact) mass is 319 g/mol. The molecule has 5 nitrogen and oxygen atoms in total. The fraction of sp³-hybridized carbons (Fsp3) is 0.312. The second-order valence-electron chi connectivity index (χ2n) is 5.32. The quantitative estimate of drug-likeness (QED) is 0.945. The zero-order valence-electron chi connectivity index (χ0n) is 13.0. The third-order valence-electron chi connectivity index (χ3n) is 3.48. The topological polar surface area (TPSA) is 64.0 Å². The summed E-state index contributed by atoms with van der Waals surface area (Å²) in [6, 6.07) is 6.39. The number of aromatic nitrogens is 2. The third kappa shape index (κ3) is 3.36. The Bertz CT molecular complexity index is 783. The minimum absolute atomic E-state index is 0.296. The second kappa shape index (κ2) is 6.32. The summed E-state index contributed by atoms with van der Waals surface area (Å²) >= 11 is 6.05. The average Bonchev–Trinajstić information content (AvgIpc) is 2.41. The molecule has 0 bridgehead atoms. The number of nitrogens with zero attached hydrogens (tertiary/aromatic N) is 2. The fourth-order valence-electron chi connectivity index (χ4n) is 2.27. The van der Waals surface area contributed by atoms with Gasteiger partial charge in [-0.3, -0.25) is 9.36 Å². The van der Waals surface area contributed by atoms with E-state index in [1.165, 1.54) is 4.57 Å². The number of aryl methyl sites for hydroxylation is 3. The van der Waals surface area contributed by atoms with Gasteiger partial charge in [-0.15, -0.1) is 0 Å². The first-order valence-electron chi connectivity index (χ1n) is 6.93. The third-order valence-corrected chi connectivity index (χ3v) is 3.89. The van der Waals surface area contributed by atoms with Crippen molar-refractivity contribution in [1.82, 2.24) is 9.55 Å². The molecule has 1 amide bonds. The van der Waals surface area contributed by atoms with Gasteiger partial charge in [0.05, 0.1) is 0 Å². The van der Waals surface area contributed by atoms with Gasteiger partial charge < -0.3 is 5.32 Å². The van der Waals surface area contributed by atoms with Crippen molar-refractivity contribution in [3.05, 3.63) is 56.7 Å². The van der Waals surface area contributed by atoms with Crippen LogP contribution in [0.2, 0.25) is 5.02 Å². The highest BCUT2D eigenvalue weighted by atomic mass is 35.5. The van der Waals surface area contributed by atoms with Crippen molar-refractivity contribution >= 4 is 23.2 Å². The minimum Gasteiger partial charge on any atom is -0.324 e. The van der Waals surface area contributed by atoms with Gasteiger partial charge in [-0.1, -0.05) is 17.7 Å². The van der Waals surface area contributed by atoms with Gasteiger partial charge in [0.2, 0.25) is 5.91 Å². The van der Waals surface area contributed by atoms with Gasteiger partial charge in [-0.2, -0.15) is 4.98 Å². The summed E-state index contributed by atoms with van der Waals surface area (Å²) < 4.78 is 1.37. The van der Waals surface area contributed by atoms with Crippen LogP contribution in [0.1, 0.15) is 29.9 Å². The Balaban J connectivity index is 2.26. The number of amides is 1. The average molecular weight is 320 g/mol. The molecule has 22 heavy (non-hydrogen) atoms. The predicted octanol–water partition coefficient (Wildman–Crippen LogP) is 3.02. The van der Waals surface area contributed by atoms with Crippen molar-refractivity contribution in [3.63, 3.8) is 0 Å². The second-order valence-corrected chi connectivity index (χ2v) is 5.73. The maximum absolute atomic E-state index is 12.4. The molecule has 0 aliphatic carbocycles. The van der Waals surface area contributed by atoms with Gasteiger partial charge in [0, 0.05) is 22.1 Å². The Morgan fingerprint density at radius 1 is 1.27 bits per heavy atom. The first-order valence-corrected chi connectivity index (χ1v) is 7.31. The molecule has 1 atom stereocenters. The zero-order valence-corrected chi connectivity index (χ0v) is 13.7. The van der Waals surface area contributed by atoms with Crippen LogP contribution in [-0.4, -0.2) is 15.5 Å². The Labute approximate surface area is 134 Å². The van der Waals surface area contributed by atoms with E-state index in [2.05, 4.69) is 10.3 Å². The number of nitrogens with one attached hydrogen (secondary N) is 1. The largest absolute Gasteiger partial charge is 0.348 e. The van der Waals surface area contributed by atoms with E-state index in [0.717, 1.165) is 5.56 Å². The number of hydrogen-bond acceptors (Lipinski definition) is 3. The number of benzene rings is 1. The first-order chi connectivity index (χ1) is 10.3. The van der Waals surface area contributed by atoms with Crippen LogP contribution in [0.15, 0.2) is 29.1 Å². The maximum Gasteiger partial charge on any atom is 0.348 e. The minimum atomic E-state index is -0.666. The van der Waals surface area contributed by atoms with Gasteiger partial charge >= 0.3 is 5.69 Å². The lowest BCUT2D eigenvalue weighted by Gasteiger charge is -2.17. The van der Waals surface area contributed by atoms with Crippen LogP contribution >= 0.6 is 11.6 Å². The molecule has 0 saturated heterocycles. The molecule has 1 heterocycles. The van der Waals surface area contributed by atoms with Crippen molar-refractivity contribution in [3.8, 4) is 0 Å². The van der Waals surface area contributed by atoms with Crippen LogP contribution in [-0.2, 0) is 4.79 Å². The molecule has 1 N–H and O–H groups in total. The van der Waals surface area contributed by atoms with Gasteiger partial charge in [-0.05, 0) is 51.5 Å². The molecule has 6 heteroatoms. The van der Waals surface area contributed by atoms with E-state index < -0.39 is 11.7 Å². The Hall–Kier alpha value is -2.14. The van der Waals surface area contributed by atoms with Crippen LogP contribution in [0.4, 0.5) is 5.69 Å². The van der Waals surface area contributed by atoms with Crippen molar-refractivity contribution in [2.24, 2.45) is 0 Å². The highest BCUT2D eigenvalue weighted by Crippen LogP contribution is 2.21. The number of carbonyl (C=O) groups excluding carboxylic acids is 1. The SMILES string of the molecule is Cc1cc(C)n([C@@H](C)C(=O)Nc2ccc(C)c(Cl)c2)c(=O)n1. The molecule has 0 radical (unpaired) electrons. The molecule has 0 aliphatic rings. The van der Waals surface area contributed by atoms with Gasteiger partial charge in [0.15, 0.2) is 0 Å². The number of anilines is 1. The van der Waals surface area contributed by atoms with E-state index in [0.29, 0.717) is 22.1 Å². The Morgan fingerprint density at radius 3 is 2.55 bits per heavy atom. The smallest absolute Gasteiger partial charge is 0.324 e. The lowest BCUT2D eigenvalue weighted by atomic mass is 10.2. The van der Waals surface area contributed by atoms with E-state index in [4.69, 9.17) is 11.6 Å². The maximum atomic E-state index is 12.4. The summed E-state index contributed by atoms with van der Waals surface area (Å²) in [5, 5.41) is 3.35. The van der Waals surface area contributed by atoms with Crippen LogP contribution in [0.25, 0.3) is 0 Å². The van der Waals surface area contributed by atoms with E-state index in [-0.39, 0.29) is 5.91 Å². The number of carbonyl (C=O) groups is 1. The van der Waals surface area contributed by atoms with Crippen molar-refractivity contribution in [1.29, 1.82) is 0 Å². The van der Waals surface area contributed by atoms with E-state index >= 15 is 0 Å². The van der Waals surface area contributed by atoms with Crippen molar-refractivity contribution in [2.45, 2.75) is 33.7 Å². The normalized spacial score (nSPS) is 12.0. The highest BCUT2D eigenvalue weighted by Gasteiger charge is 2.19. The number of hydrogen-bond donors (Lipinski definition) is 1. The predicted molar refractivity (Wildman–Crippen MR) is 87.5 cm³/mol. The zero-order chi connectivity index (χ0) is 16.4. The number of halogens is 1. The summed E-state index contributed by atoms with van der Waals surface area (Å²) in [5.41, 5.74) is 2.43. The molecule has 116 valence electrons. The lowest BCUT2D eigenvalue weighted by Crippen LogP contribution is -2.34. The van der Waals surface area contributed by atoms with Gasteiger partial charge in [0.25, 0.3) is 0 Å². The standard InChI is InChI=1S/C16H18ClN3O2/c1-9-5-6-13(8-14(9)17)19-15(21)12(4)20-11(3)7-10(2)18-16(20)22/h5-8,12H,1-4H3,(H,19,21)/t12-/m0/s1. The molecule has 2 aromatic rings. The molecule has 1 aromatic carbocycles. The first kappa shape index (κ1) is 16.2. The summed E-state index contributed by atoms with van der Waals surface area (Å²) in [6.45, 7) is 7.08. The van der Waals surface area contributed by atoms with Crippen molar-refractivity contribution in [2.75, 3.05) is 5.32 Å². The Kier molecular flexibility index (Phi) is 4.66. The van der Waals surface area contributed by atoms with Gasteiger partial charge in [-0.25, -0.2) is 4.79 Å². The Morgan fingerprint density at radius 2 is 1.95 bits per heavy atom. The summed E-state index contributed by atoms with van der Waals surface area (Å²) in [4.78, 5) is 28.2. The van der Waals surface area contributed by atoms with Crippen LogP contribution in [0.3, 0.4) is 0 Å². The summed E-state index contributed by atoms with van der Waals surface area (Å²) in [5.74, 6) is -0.296. The van der Waals surface area contributed by atoms with Crippen LogP contribution < -0.4 is 11.0 Å². The van der Waals surface area contributed by atoms with Crippen LogP contribution in [0.5, 0.6) is 0 Å². The summed E-state index contributed by atoms with van der Waals surface area (Å²) in [7, 11) is 0. The lowest BCUT2D eigenvalue weighted by molar-refractivity contribution is -0.118. The molecular weight excluding hydrogens is 302 g/mol. The molecule has 1 aromatic heterocycles. The van der Waals surface area contributed by atoms with Gasteiger partial charge in [0.1, 0.15) is 6.04 Å². The molecule has 2 rings (SSSR count). The molecule has 0 aliphatic heterocycles. The van der Waals surface area contributed by atoms with E-state index in [1.54, 1.807) is 39.0 Å². The van der Waals surface area contributed by atoms with E-state index in [9.17, 15) is 9.59 Å². The molecule has 0 unspecified atom stereocenters.